The van der Waals surface area contributed by atoms with Gasteiger partial charge in [0.1, 0.15) is 5.65 Å². The Bertz CT molecular complexity index is 808. The Kier molecular flexibility index (Phi) is 1.31. The third kappa shape index (κ3) is 0.852. The number of pyridine rings is 1. The van der Waals surface area contributed by atoms with Gasteiger partial charge >= 0.3 is 0 Å². The van der Waals surface area contributed by atoms with Gasteiger partial charge < -0.3 is 9.97 Å². The number of aromatic nitrogens is 3. The normalized spacial score (nSPS) is 11.8. The van der Waals surface area contributed by atoms with Gasteiger partial charge in [0.05, 0.1) is 5.52 Å². The molecule has 2 N–H and O–H groups in total. The molecule has 0 aliphatic carbocycles. The number of hydrogen-bond acceptors (Lipinski definition) is 1. The van der Waals surface area contributed by atoms with Crippen LogP contribution in [0.4, 0.5) is 0 Å². The van der Waals surface area contributed by atoms with Gasteiger partial charge in [-0.25, -0.2) is 4.98 Å². The largest absolute Gasteiger partial charge is 0.361 e. The first-order chi connectivity index (χ1) is 7.93. The highest BCUT2D eigenvalue weighted by atomic mass is 14.8. The smallest absolute Gasteiger partial charge is 0.138 e. The fraction of sp³-hybridized carbons (Fsp3) is 0. The molecule has 0 aliphatic heterocycles. The van der Waals surface area contributed by atoms with Crippen LogP contribution in [0.1, 0.15) is 0 Å². The molecule has 1 aromatic carbocycles. The summed E-state index contributed by atoms with van der Waals surface area (Å²) in [4.78, 5) is 10.9. The molecule has 3 heterocycles. The molecule has 0 unspecified atom stereocenters. The van der Waals surface area contributed by atoms with Gasteiger partial charge in [0.15, 0.2) is 0 Å². The Labute approximate surface area is 91.1 Å². The second kappa shape index (κ2) is 2.64. The Balaban J connectivity index is 2.38. The third-order valence-electron chi connectivity index (χ3n) is 3.08. The summed E-state index contributed by atoms with van der Waals surface area (Å²) in [6, 6.07) is 10.4. The molecule has 3 nitrogen and oxygen atoms in total. The van der Waals surface area contributed by atoms with Crippen LogP contribution in [-0.4, -0.2) is 15.0 Å². The molecule has 0 saturated heterocycles. The fourth-order valence-corrected chi connectivity index (χ4v) is 2.33. The zero-order chi connectivity index (χ0) is 10.5. The van der Waals surface area contributed by atoms with Crippen molar-refractivity contribution in [2.75, 3.05) is 0 Å². The minimum atomic E-state index is 0.950. The summed E-state index contributed by atoms with van der Waals surface area (Å²) in [5, 5.41) is 3.63. The van der Waals surface area contributed by atoms with E-state index in [2.05, 4.69) is 39.2 Å². The van der Waals surface area contributed by atoms with Crippen molar-refractivity contribution in [1.82, 2.24) is 15.0 Å². The topological polar surface area (TPSA) is 44.5 Å². The van der Waals surface area contributed by atoms with Crippen LogP contribution in [0.25, 0.3) is 32.8 Å². The molecule has 0 bridgehead atoms. The highest BCUT2D eigenvalue weighted by Gasteiger charge is 2.07. The first-order valence-electron chi connectivity index (χ1n) is 5.26. The molecule has 0 radical (unpaired) electrons. The molecule has 76 valence electrons. The van der Waals surface area contributed by atoms with E-state index in [1.807, 2.05) is 18.5 Å². The van der Waals surface area contributed by atoms with E-state index in [9.17, 15) is 0 Å². The van der Waals surface area contributed by atoms with Gasteiger partial charge in [-0.2, -0.15) is 0 Å². The maximum atomic E-state index is 4.34. The first kappa shape index (κ1) is 7.93. The SMILES string of the molecule is c1cnc2[nH]c3c4cc[nH]c4ccc3c2c1. The van der Waals surface area contributed by atoms with E-state index in [0.29, 0.717) is 0 Å². The summed E-state index contributed by atoms with van der Waals surface area (Å²) in [7, 11) is 0. The van der Waals surface area contributed by atoms with Crippen molar-refractivity contribution in [3.63, 3.8) is 0 Å². The Morgan fingerprint density at radius 3 is 2.94 bits per heavy atom. The van der Waals surface area contributed by atoms with Crippen LogP contribution >= 0.6 is 0 Å². The quantitative estimate of drug-likeness (QED) is 0.457. The lowest BCUT2D eigenvalue weighted by molar-refractivity contribution is 1.35. The third-order valence-corrected chi connectivity index (χ3v) is 3.08. The van der Waals surface area contributed by atoms with E-state index in [0.717, 1.165) is 16.7 Å². The van der Waals surface area contributed by atoms with Gasteiger partial charge in [0, 0.05) is 34.1 Å². The van der Waals surface area contributed by atoms with Crippen molar-refractivity contribution < 1.29 is 0 Å². The van der Waals surface area contributed by atoms with Crippen molar-refractivity contribution in [2.45, 2.75) is 0 Å². The molecular weight excluding hydrogens is 198 g/mol. The summed E-state index contributed by atoms with van der Waals surface area (Å²) in [6.07, 6.45) is 3.77. The molecule has 3 aromatic heterocycles. The van der Waals surface area contributed by atoms with Gasteiger partial charge in [-0.1, -0.05) is 6.07 Å². The van der Waals surface area contributed by atoms with Crippen molar-refractivity contribution in [1.29, 1.82) is 0 Å². The number of benzene rings is 1. The maximum Gasteiger partial charge on any atom is 0.138 e. The molecule has 0 fully saturated rings. The molecule has 0 amide bonds. The Morgan fingerprint density at radius 1 is 0.938 bits per heavy atom. The van der Waals surface area contributed by atoms with Gasteiger partial charge in [0.2, 0.25) is 0 Å². The monoisotopic (exact) mass is 207 g/mol. The maximum absolute atomic E-state index is 4.34. The summed E-state index contributed by atoms with van der Waals surface area (Å²) in [6.45, 7) is 0. The van der Waals surface area contributed by atoms with Crippen LogP contribution in [0.5, 0.6) is 0 Å². The molecule has 16 heavy (non-hydrogen) atoms. The summed E-state index contributed by atoms with van der Waals surface area (Å²) in [5.41, 5.74) is 3.26. The molecule has 4 rings (SSSR count). The molecular formula is C13H9N3. The average molecular weight is 207 g/mol. The van der Waals surface area contributed by atoms with Crippen LogP contribution in [0.3, 0.4) is 0 Å². The number of H-pyrrole nitrogens is 2. The molecule has 3 heteroatoms. The summed E-state index contributed by atoms with van der Waals surface area (Å²) >= 11 is 0. The first-order valence-corrected chi connectivity index (χ1v) is 5.26. The highest BCUT2D eigenvalue weighted by molar-refractivity contribution is 6.15. The van der Waals surface area contributed by atoms with E-state index in [1.54, 1.807) is 0 Å². The number of nitrogens with one attached hydrogen (secondary N) is 2. The molecule has 4 aromatic rings. The van der Waals surface area contributed by atoms with E-state index in [4.69, 9.17) is 0 Å². The predicted octanol–water partition coefficient (Wildman–Crippen LogP) is 3.20. The van der Waals surface area contributed by atoms with Crippen molar-refractivity contribution in [3.05, 3.63) is 42.7 Å². The second-order valence-corrected chi connectivity index (χ2v) is 3.95. The van der Waals surface area contributed by atoms with Crippen LogP contribution in [0, 0.1) is 0 Å². The number of nitrogens with zero attached hydrogens (tertiary/aromatic N) is 1. The molecule has 0 spiro atoms. The summed E-state index contributed by atoms with van der Waals surface area (Å²) in [5.74, 6) is 0. The van der Waals surface area contributed by atoms with Crippen LogP contribution < -0.4 is 0 Å². The predicted molar refractivity (Wildman–Crippen MR) is 65.5 cm³/mol. The molecule has 0 aliphatic rings. The van der Waals surface area contributed by atoms with Crippen LogP contribution in [0.2, 0.25) is 0 Å². The van der Waals surface area contributed by atoms with Gasteiger partial charge in [-0.3, -0.25) is 0 Å². The van der Waals surface area contributed by atoms with Gasteiger partial charge in [-0.05, 0) is 24.3 Å². The minimum absolute atomic E-state index is 0.950. The zero-order valence-electron chi connectivity index (χ0n) is 8.49. The van der Waals surface area contributed by atoms with Crippen molar-refractivity contribution in [3.8, 4) is 0 Å². The average Bonchev–Trinajstić information content (AvgIpc) is 2.92. The van der Waals surface area contributed by atoms with Gasteiger partial charge in [0.25, 0.3) is 0 Å². The van der Waals surface area contributed by atoms with E-state index in [-0.39, 0.29) is 0 Å². The lowest BCUT2D eigenvalue weighted by atomic mass is 10.1. The lowest BCUT2D eigenvalue weighted by Crippen LogP contribution is -1.71. The van der Waals surface area contributed by atoms with Crippen LogP contribution in [0.15, 0.2) is 42.7 Å². The lowest BCUT2D eigenvalue weighted by Gasteiger charge is -1.92. The zero-order valence-corrected chi connectivity index (χ0v) is 8.49. The van der Waals surface area contributed by atoms with E-state index < -0.39 is 0 Å². The van der Waals surface area contributed by atoms with E-state index in [1.165, 1.54) is 16.2 Å². The second-order valence-electron chi connectivity index (χ2n) is 3.95. The number of hydrogen-bond donors (Lipinski definition) is 2. The Morgan fingerprint density at radius 2 is 1.94 bits per heavy atom. The standard InChI is InChI=1S/C13H9N3/c1-2-9-8-3-4-11-10(5-7-14-11)12(8)16-13(9)15-6-1/h1-7,14H,(H,15,16). The number of rotatable bonds is 0. The van der Waals surface area contributed by atoms with Crippen molar-refractivity contribution >= 4 is 32.8 Å². The van der Waals surface area contributed by atoms with E-state index >= 15 is 0 Å². The van der Waals surface area contributed by atoms with Crippen LogP contribution in [-0.2, 0) is 0 Å². The number of aromatic amines is 2. The molecule has 0 saturated carbocycles. The minimum Gasteiger partial charge on any atom is -0.361 e. The molecule has 0 atom stereocenters. The highest BCUT2D eigenvalue weighted by Crippen LogP contribution is 2.29. The number of fused-ring (bicyclic) bond motifs is 5. The van der Waals surface area contributed by atoms with Crippen molar-refractivity contribution in [2.24, 2.45) is 0 Å². The fourth-order valence-electron chi connectivity index (χ4n) is 2.33. The Hall–Kier alpha value is -2.29. The van der Waals surface area contributed by atoms with Gasteiger partial charge in [-0.15, -0.1) is 0 Å². The summed E-state index contributed by atoms with van der Waals surface area (Å²) < 4.78 is 0.